The van der Waals surface area contributed by atoms with Crippen molar-refractivity contribution < 1.29 is 19.2 Å². The molecule has 0 aliphatic heterocycles. The Hall–Kier alpha value is -2.72. The van der Waals surface area contributed by atoms with Gasteiger partial charge in [0.1, 0.15) is 10.0 Å². The topological polar surface area (TPSA) is 116 Å². The Bertz CT molecular complexity index is 1390. The molecule has 0 saturated heterocycles. The molecular formula is C30H38N4O4S2. The maximum absolute atomic E-state index is 13.5. The zero-order valence-electron chi connectivity index (χ0n) is 23.6. The molecular weight excluding hydrogens is 544 g/mol. The molecule has 4 N–H and O–H groups in total. The highest BCUT2D eigenvalue weighted by atomic mass is 32.1. The number of hydrogen-bond donors (Lipinski definition) is 4. The maximum Gasteiger partial charge on any atom is 0.254 e. The predicted octanol–water partition coefficient (Wildman–Crippen LogP) is 4.94. The summed E-state index contributed by atoms with van der Waals surface area (Å²) < 4.78 is 0. The predicted molar refractivity (Wildman–Crippen MR) is 158 cm³/mol. The SMILES string of the molecule is CNC(=O)c1c(NC(=O)C2CC2C2CCc3c(sc(NC(=O)C4CC4)c3C(=O)NC)C2C)sc2c1CC(C)CC2. The summed E-state index contributed by atoms with van der Waals surface area (Å²) in [6.45, 7) is 4.41. The Kier molecular flexibility index (Phi) is 7.27. The zero-order valence-corrected chi connectivity index (χ0v) is 25.2. The van der Waals surface area contributed by atoms with Gasteiger partial charge in [-0.3, -0.25) is 19.2 Å². The molecule has 4 amide bonds. The lowest BCUT2D eigenvalue weighted by molar-refractivity contribution is -0.118. The van der Waals surface area contributed by atoms with E-state index < -0.39 is 0 Å². The summed E-state index contributed by atoms with van der Waals surface area (Å²) in [6.07, 6.45) is 7.28. The van der Waals surface area contributed by atoms with Crippen molar-refractivity contribution in [3.63, 3.8) is 0 Å². The molecule has 2 aromatic rings. The average molecular weight is 583 g/mol. The lowest BCUT2D eigenvalue weighted by Crippen LogP contribution is -2.26. The van der Waals surface area contributed by atoms with Crippen LogP contribution in [-0.4, -0.2) is 37.7 Å². The molecule has 0 bridgehead atoms. The summed E-state index contributed by atoms with van der Waals surface area (Å²) >= 11 is 3.10. The molecule has 10 heteroatoms. The van der Waals surface area contributed by atoms with Crippen LogP contribution >= 0.6 is 22.7 Å². The molecule has 40 heavy (non-hydrogen) atoms. The molecule has 2 saturated carbocycles. The van der Waals surface area contributed by atoms with Gasteiger partial charge >= 0.3 is 0 Å². The molecule has 2 fully saturated rings. The number of thiophene rings is 2. The van der Waals surface area contributed by atoms with E-state index in [2.05, 4.69) is 35.1 Å². The van der Waals surface area contributed by atoms with E-state index in [1.807, 2.05) is 0 Å². The summed E-state index contributed by atoms with van der Waals surface area (Å²) in [5, 5.41) is 13.1. The molecule has 2 aromatic heterocycles. The van der Waals surface area contributed by atoms with Crippen molar-refractivity contribution in [3.05, 3.63) is 32.0 Å². The molecule has 0 aromatic carbocycles. The Morgan fingerprint density at radius 2 is 1.40 bits per heavy atom. The Morgan fingerprint density at radius 1 is 0.750 bits per heavy atom. The Balaban J connectivity index is 1.18. The standard InChI is InChI=1S/C30H38N4O4S2/c1-13-5-10-21-20(11-13)23(28(38)32-4)29(39-21)34-26(36)19-12-18(19)16-8-9-17-22(27(37)31-3)30(40-24(17)14(16)2)33-25(35)15-6-7-15/h13-16,18-19H,5-12H2,1-4H3,(H,31,37)(H,32,38)(H,33,35)(H,34,36). The van der Waals surface area contributed by atoms with Crippen LogP contribution in [0.3, 0.4) is 0 Å². The number of fused-ring (bicyclic) bond motifs is 2. The smallest absolute Gasteiger partial charge is 0.254 e. The second-order valence-corrected chi connectivity index (χ2v) is 14.3. The van der Waals surface area contributed by atoms with E-state index in [0.717, 1.165) is 67.4 Å². The lowest BCUT2D eigenvalue weighted by Gasteiger charge is -2.29. The fraction of sp³-hybridized carbons (Fsp3) is 0.600. The highest BCUT2D eigenvalue weighted by Crippen LogP contribution is 2.56. The fourth-order valence-electron chi connectivity index (χ4n) is 6.86. The number of amides is 4. The summed E-state index contributed by atoms with van der Waals surface area (Å²) in [4.78, 5) is 54.0. The Labute approximate surface area is 243 Å². The first kappa shape index (κ1) is 27.4. The first-order valence-corrected chi connectivity index (χ1v) is 16.2. The largest absolute Gasteiger partial charge is 0.355 e. The summed E-state index contributed by atoms with van der Waals surface area (Å²) in [7, 11) is 3.27. The van der Waals surface area contributed by atoms with E-state index in [4.69, 9.17) is 0 Å². The minimum absolute atomic E-state index is 0.00715. The lowest BCUT2D eigenvalue weighted by atomic mass is 9.76. The second-order valence-electron chi connectivity index (χ2n) is 12.1. The van der Waals surface area contributed by atoms with Crippen LogP contribution < -0.4 is 21.3 Å². The molecule has 214 valence electrons. The summed E-state index contributed by atoms with van der Waals surface area (Å²) in [6, 6.07) is 0. The van der Waals surface area contributed by atoms with Crippen LogP contribution in [0.1, 0.15) is 93.5 Å². The van der Waals surface area contributed by atoms with Crippen molar-refractivity contribution in [3.8, 4) is 0 Å². The third-order valence-corrected chi connectivity index (χ3v) is 11.9. The van der Waals surface area contributed by atoms with Gasteiger partial charge in [-0.25, -0.2) is 0 Å². The minimum atomic E-state index is -0.155. The van der Waals surface area contributed by atoms with Crippen LogP contribution in [0.15, 0.2) is 0 Å². The van der Waals surface area contributed by atoms with Crippen molar-refractivity contribution in [1.82, 2.24) is 10.6 Å². The maximum atomic E-state index is 13.5. The summed E-state index contributed by atoms with van der Waals surface area (Å²) in [5.41, 5.74) is 3.42. The van der Waals surface area contributed by atoms with E-state index in [-0.39, 0.29) is 47.3 Å². The number of nitrogens with one attached hydrogen (secondary N) is 4. The van der Waals surface area contributed by atoms with Crippen molar-refractivity contribution in [2.45, 2.75) is 71.1 Å². The van der Waals surface area contributed by atoms with Crippen LogP contribution in [0, 0.1) is 29.6 Å². The number of carbonyl (C=O) groups is 4. The average Bonchev–Trinajstić information content (AvgIpc) is 3.86. The molecule has 8 nitrogen and oxygen atoms in total. The number of rotatable bonds is 7. The molecule has 5 atom stereocenters. The van der Waals surface area contributed by atoms with Crippen LogP contribution in [0.4, 0.5) is 10.0 Å². The van der Waals surface area contributed by atoms with E-state index in [9.17, 15) is 19.2 Å². The first-order chi connectivity index (χ1) is 19.2. The van der Waals surface area contributed by atoms with Crippen molar-refractivity contribution in [2.75, 3.05) is 24.7 Å². The highest BCUT2D eigenvalue weighted by molar-refractivity contribution is 7.17. The monoisotopic (exact) mass is 582 g/mol. The van der Waals surface area contributed by atoms with Gasteiger partial charge < -0.3 is 21.3 Å². The van der Waals surface area contributed by atoms with Crippen molar-refractivity contribution >= 4 is 56.3 Å². The zero-order chi connectivity index (χ0) is 28.3. The first-order valence-electron chi connectivity index (χ1n) is 14.6. The van der Waals surface area contributed by atoms with Gasteiger partial charge in [0.05, 0.1) is 11.1 Å². The van der Waals surface area contributed by atoms with Crippen molar-refractivity contribution in [2.24, 2.45) is 29.6 Å². The minimum Gasteiger partial charge on any atom is -0.355 e. The van der Waals surface area contributed by atoms with Crippen LogP contribution in [0.2, 0.25) is 0 Å². The highest BCUT2D eigenvalue weighted by Gasteiger charge is 2.51. The van der Waals surface area contributed by atoms with Gasteiger partial charge in [-0.1, -0.05) is 13.8 Å². The number of aryl methyl sites for hydroxylation is 1. The van der Waals surface area contributed by atoms with Gasteiger partial charge in [0.15, 0.2) is 0 Å². The van der Waals surface area contributed by atoms with E-state index in [0.29, 0.717) is 33.0 Å². The van der Waals surface area contributed by atoms with Gasteiger partial charge in [-0.15, -0.1) is 22.7 Å². The van der Waals surface area contributed by atoms with Crippen LogP contribution in [0.5, 0.6) is 0 Å². The molecule has 4 aliphatic rings. The molecule has 0 spiro atoms. The number of carbonyl (C=O) groups excluding carboxylic acids is 4. The molecule has 2 heterocycles. The molecule has 6 rings (SSSR count). The number of anilines is 2. The second kappa shape index (κ2) is 10.6. The van der Waals surface area contributed by atoms with E-state index >= 15 is 0 Å². The Morgan fingerprint density at radius 3 is 2.08 bits per heavy atom. The fourth-order valence-corrected chi connectivity index (χ4v) is 9.48. The van der Waals surface area contributed by atoms with Crippen LogP contribution in [0.25, 0.3) is 0 Å². The van der Waals surface area contributed by atoms with E-state index in [1.165, 1.54) is 16.2 Å². The van der Waals surface area contributed by atoms with E-state index in [1.54, 1.807) is 25.4 Å². The van der Waals surface area contributed by atoms with Gasteiger partial charge in [-0.05, 0) is 86.2 Å². The normalized spacial score (nSPS) is 26.8. The third kappa shape index (κ3) is 4.87. The molecule has 4 aliphatic carbocycles. The molecule has 0 radical (unpaired) electrons. The quantitative estimate of drug-likeness (QED) is 0.370. The number of hydrogen-bond acceptors (Lipinski definition) is 6. The van der Waals surface area contributed by atoms with Gasteiger partial charge in [-0.2, -0.15) is 0 Å². The third-order valence-electron chi connectivity index (χ3n) is 9.39. The molecule has 5 unspecified atom stereocenters. The van der Waals surface area contributed by atoms with Crippen LogP contribution in [-0.2, 0) is 28.9 Å². The van der Waals surface area contributed by atoms with Gasteiger partial charge in [0.2, 0.25) is 11.8 Å². The van der Waals surface area contributed by atoms with Crippen molar-refractivity contribution in [1.29, 1.82) is 0 Å². The van der Waals surface area contributed by atoms with Gasteiger partial charge in [0, 0.05) is 35.7 Å². The summed E-state index contributed by atoms with van der Waals surface area (Å²) in [5.74, 6) is 1.06. The van der Waals surface area contributed by atoms with Gasteiger partial charge in [0.25, 0.3) is 11.8 Å².